The molecule has 0 radical (unpaired) electrons. The molecule has 1 aromatic rings. The van der Waals surface area contributed by atoms with E-state index >= 15 is 0 Å². The first kappa shape index (κ1) is 14.0. The third kappa shape index (κ3) is 3.46. The number of anilines is 1. The van der Waals surface area contributed by atoms with Crippen molar-refractivity contribution in [1.82, 2.24) is 5.32 Å². The number of likely N-dealkylation sites (N-methyl/N-ethyl adjacent to an activating group) is 1. The highest BCUT2D eigenvalue weighted by molar-refractivity contribution is 5.97. The molecule has 0 heterocycles. The molecule has 0 saturated heterocycles. The number of imide groups is 1. The maximum absolute atomic E-state index is 11.6. The summed E-state index contributed by atoms with van der Waals surface area (Å²) < 4.78 is 0. The minimum absolute atomic E-state index is 0.437. The van der Waals surface area contributed by atoms with Gasteiger partial charge in [-0.2, -0.15) is 0 Å². The lowest BCUT2D eigenvalue weighted by molar-refractivity contribution is -0.120. The van der Waals surface area contributed by atoms with Gasteiger partial charge in [0.1, 0.15) is 6.04 Å². The molecule has 0 spiro atoms. The van der Waals surface area contributed by atoms with Gasteiger partial charge >= 0.3 is 6.03 Å². The molecule has 1 aromatic carbocycles. The topological polar surface area (TPSA) is 101 Å². The summed E-state index contributed by atoms with van der Waals surface area (Å²) in [4.78, 5) is 24.0. The van der Waals surface area contributed by atoms with Crippen LogP contribution in [0.3, 0.4) is 0 Å². The predicted octanol–water partition coefficient (Wildman–Crippen LogP) is 0.165. The number of carbonyl (C=O) groups is 2. The van der Waals surface area contributed by atoms with Gasteiger partial charge in [-0.15, -0.1) is 0 Å². The van der Waals surface area contributed by atoms with E-state index in [9.17, 15) is 9.59 Å². The van der Waals surface area contributed by atoms with Crippen molar-refractivity contribution in [2.24, 2.45) is 11.5 Å². The van der Waals surface area contributed by atoms with Crippen molar-refractivity contribution >= 4 is 17.6 Å². The zero-order valence-electron chi connectivity index (χ0n) is 10.5. The van der Waals surface area contributed by atoms with Crippen molar-refractivity contribution < 1.29 is 9.59 Å². The number of nitrogens with one attached hydrogen (secondary N) is 1. The first-order chi connectivity index (χ1) is 8.45. The van der Waals surface area contributed by atoms with Crippen LogP contribution in [0.2, 0.25) is 0 Å². The standard InChI is InChI=1S/C12H18N4O2/c1-8(11(17)15-12(14)18)16(2)10-5-3-9(7-13)4-6-10/h3-6,8H,7,13H2,1-2H3,(H3,14,15,17,18). The fourth-order valence-electron chi connectivity index (χ4n) is 1.49. The molecule has 0 aliphatic rings. The van der Waals surface area contributed by atoms with Crippen LogP contribution in [-0.4, -0.2) is 25.0 Å². The van der Waals surface area contributed by atoms with Gasteiger partial charge in [-0.25, -0.2) is 4.79 Å². The average molecular weight is 250 g/mol. The van der Waals surface area contributed by atoms with Gasteiger partial charge in [-0.3, -0.25) is 10.1 Å². The molecular weight excluding hydrogens is 232 g/mol. The van der Waals surface area contributed by atoms with Crippen LogP contribution in [0.1, 0.15) is 12.5 Å². The second-order valence-corrected chi connectivity index (χ2v) is 4.01. The predicted molar refractivity (Wildman–Crippen MR) is 69.9 cm³/mol. The van der Waals surface area contributed by atoms with E-state index in [-0.39, 0.29) is 0 Å². The zero-order valence-corrected chi connectivity index (χ0v) is 10.5. The van der Waals surface area contributed by atoms with Gasteiger partial charge in [0.25, 0.3) is 0 Å². The molecular formula is C12H18N4O2. The van der Waals surface area contributed by atoms with Gasteiger partial charge in [-0.1, -0.05) is 12.1 Å². The van der Waals surface area contributed by atoms with E-state index < -0.39 is 18.0 Å². The van der Waals surface area contributed by atoms with E-state index in [1.54, 1.807) is 18.9 Å². The van der Waals surface area contributed by atoms with Crippen LogP contribution < -0.4 is 21.7 Å². The Kier molecular flexibility index (Phi) is 4.67. The molecule has 0 bridgehead atoms. The molecule has 6 heteroatoms. The van der Waals surface area contributed by atoms with Crippen LogP contribution in [0.25, 0.3) is 0 Å². The Morgan fingerprint density at radius 2 is 1.89 bits per heavy atom. The molecule has 1 atom stereocenters. The number of hydrogen-bond acceptors (Lipinski definition) is 4. The highest BCUT2D eigenvalue weighted by atomic mass is 16.2. The van der Waals surface area contributed by atoms with E-state index in [4.69, 9.17) is 11.5 Å². The van der Waals surface area contributed by atoms with Gasteiger partial charge in [0.15, 0.2) is 0 Å². The molecule has 0 fully saturated rings. The van der Waals surface area contributed by atoms with Crippen LogP contribution >= 0.6 is 0 Å². The minimum atomic E-state index is -0.848. The van der Waals surface area contributed by atoms with Crippen molar-refractivity contribution in [2.75, 3.05) is 11.9 Å². The van der Waals surface area contributed by atoms with E-state index in [2.05, 4.69) is 5.32 Å². The molecule has 0 aliphatic carbocycles. The molecule has 1 rings (SSSR count). The first-order valence-electron chi connectivity index (χ1n) is 5.58. The van der Waals surface area contributed by atoms with E-state index in [0.717, 1.165) is 11.3 Å². The summed E-state index contributed by atoms with van der Waals surface area (Å²) in [5, 5.41) is 2.05. The van der Waals surface area contributed by atoms with Crippen molar-refractivity contribution in [2.45, 2.75) is 19.5 Å². The number of urea groups is 1. The molecule has 0 aromatic heterocycles. The quantitative estimate of drug-likeness (QED) is 0.708. The summed E-state index contributed by atoms with van der Waals surface area (Å²) in [7, 11) is 1.77. The monoisotopic (exact) mass is 250 g/mol. The summed E-state index contributed by atoms with van der Waals surface area (Å²) in [6.07, 6.45) is 0. The highest BCUT2D eigenvalue weighted by Crippen LogP contribution is 2.16. The lowest BCUT2D eigenvalue weighted by atomic mass is 10.1. The summed E-state index contributed by atoms with van der Waals surface area (Å²) in [5.74, 6) is -0.437. The smallest absolute Gasteiger partial charge is 0.318 e. The van der Waals surface area contributed by atoms with Gasteiger partial charge in [-0.05, 0) is 24.6 Å². The van der Waals surface area contributed by atoms with Gasteiger partial charge in [0, 0.05) is 19.3 Å². The Hall–Kier alpha value is -2.08. The summed E-state index contributed by atoms with van der Waals surface area (Å²) in [5.41, 5.74) is 12.3. The third-order valence-corrected chi connectivity index (χ3v) is 2.79. The average Bonchev–Trinajstić information content (AvgIpc) is 2.36. The number of rotatable bonds is 4. The molecule has 5 N–H and O–H groups in total. The van der Waals surface area contributed by atoms with Crippen LogP contribution in [0.4, 0.5) is 10.5 Å². The van der Waals surface area contributed by atoms with Crippen LogP contribution in [0.5, 0.6) is 0 Å². The summed E-state index contributed by atoms with van der Waals surface area (Å²) in [6, 6.07) is 6.18. The lowest BCUT2D eigenvalue weighted by Crippen LogP contribution is -2.47. The molecule has 98 valence electrons. The Morgan fingerprint density at radius 3 is 2.33 bits per heavy atom. The van der Waals surface area contributed by atoms with Crippen molar-refractivity contribution in [3.05, 3.63) is 29.8 Å². The van der Waals surface area contributed by atoms with E-state index in [0.29, 0.717) is 6.54 Å². The number of primary amides is 1. The fraction of sp³-hybridized carbons (Fsp3) is 0.333. The minimum Gasteiger partial charge on any atom is -0.363 e. The number of carbonyl (C=O) groups excluding carboxylic acids is 2. The van der Waals surface area contributed by atoms with Gasteiger partial charge in [0.2, 0.25) is 5.91 Å². The van der Waals surface area contributed by atoms with Crippen molar-refractivity contribution in [3.63, 3.8) is 0 Å². The summed E-state index contributed by atoms with van der Waals surface area (Å²) >= 11 is 0. The van der Waals surface area contributed by atoms with Crippen LogP contribution in [-0.2, 0) is 11.3 Å². The Labute approximate surface area is 106 Å². The van der Waals surface area contributed by atoms with Crippen LogP contribution in [0.15, 0.2) is 24.3 Å². The second-order valence-electron chi connectivity index (χ2n) is 4.01. The number of nitrogens with zero attached hydrogens (tertiary/aromatic N) is 1. The Balaban J connectivity index is 2.75. The largest absolute Gasteiger partial charge is 0.363 e. The Bertz CT molecular complexity index is 430. The number of hydrogen-bond donors (Lipinski definition) is 3. The highest BCUT2D eigenvalue weighted by Gasteiger charge is 2.19. The molecule has 3 amide bonds. The number of benzene rings is 1. The van der Waals surface area contributed by atoms with Gasteiger partial charge in [0.05, 0.1) is 0 Å². The van der Waals surface area contributed by atoms with Gasteiger partial charge < -0.3 is 16.4 Å². The van der Waals surface area contributed by atoms with Crippen molar-refractivity contribution in [3.8, 4) is 0 Å². The fourth-order valence-corrected chi connectivity index (χ4v) is 1.49. The second kappa shape index (κ2) is 6.02. The third-order valence-electron chi connectivity index (χ3n) is 2.79. The molecule has 18 heavy (non-hydrogen) atoms. The number of nitrogens with two attached hydrogens (primary N) is 2. The summed E-state index contributed by atoms with van der Waals surface area (Å²) in [6.45, 7) is 2.16. The van der Waals surface area contributed by atoms with Crippen molar-refractivity contribution in [1.29, 1.82) is 0 Å². The SMILES string of the molecule is CC(C(=O)NC(N)=O)N(C)c1ccc(CN)cc1. The maximum atomic E-state index is 11.6. The van der Waals surface area contributed by atoms with E-state index in [1.165, 1.54) is 0 Å². The normalized spacial score (nSPS) is 11.7. The molecule has 6 nitrogen and oxygen atoms in total. The molecule has 1 unspecified atom stereocenters. The lowest BCUT2D eigenvalue weighted by Gasteiger charge is -2.25. The van der Waals surface area contributed by atoms with Crippen LogP contribution in [0, 0.1) is 0 Å². The molecule has 0 saturated carbocycles. The number of amides is 3. The zero-order chi connectivity index (χ0) is 13.7. The maximum Gasteiger partial charge on any atom is 0.318 e. The molecule has 0 aliphatic heterocycles. The first-order valence-corrected chi connectivity index (χ1v) is 5.58. The Morgan fingerprint density at radius 1 is 1.33 bits per heavy atom. The van der Waals surface area contributed by atoms with E-state index in [1.807, 2.05) is 24.3 Å².